The average molecular weight is 157 g/mol. The van der Waals surface area contributed by atoms with E-state index in [4.69, 9.17) is 10.5 Å². The van der Waals surface area contributed by atoms with Crippen LogP contribution in [-0.4, -0.2) is 19.3 Å². The zero-order valence-corrected chi connectivity index (χ0v) is 7.76. The van der Waals surface area contributed by atoms with Crippen LogP contribution in [0.4, 0.5) is 0 Å². The fourth-order valence-corrected chi connectivity index (χ4v) is 1.51. The molecule has 2 N–H and O–H groups in total. The maximum absolute atomic E-state index is 5.64. The van der Waals surface area contributed by atoms with E-state index in [1.54, 1.807) is 0 Å². The predicted molar refractivity (Wildman–Crippen MR) is 46.4 cm³/mol. The maximum atomic E-state index is 5.64. The minimum absolute atomic E-state index is 0.369. The van der Waals surface area contributed by atoms with Gasteiger partial charge in [0.15, 0.2) is 0 Å². The normalized spacial score (nSPS) is 32.2. The van der Waals surface area contributed by atoms with Gasteiger partial charge in [-0.2, -0.15) is 0 Å². The highest BCUT2D eigenvalue weighted by Crippen LogP contribution is 2.34. The zero-order valence-electron chi connectivity index (χ0n) is 7.76. The third-order valence-electron chi connectivity index (χ3n) is 2.45. The molecular formula is C9H19NO. The quantitative estimate of drug-likeness (QED) is 0.657. The Bertz CT molecular complexity index is 134. The average Bonchev–Trinajstić information content (AvgIpc) is 2.29. The minimum atomic E-state index is 0.369. The molecule has 1 aliphatic rings. The molecule has 11 heavy (non-hydrogen) atoms. The van der Waals surface area contributed by atoms with E-state index in [2.05, 4.69) is 20.8 Å². The van der Waals surface area contributed by atoms with Gasteiger partial charge in [0.1, 0.15) is 0 Å². The fraction of sp³-hybridized carbons (Fsp3) is 1.00. The molecule has 0 spiro atoms. The van der Waals surface area contributed by atoms with Crippen LogP contribution in [0.5, 0.6) is 0 Å². The van der Waals surface area contributed by atoms with E-state index in [9.17, 15) is 0 Å². The van der Waals surface area contributed by atoms with Gasteiger partial charge in [0.2, 0.25) is 0 Å². The van der Waals surface area contributed by atoms with Crippen molar-refractivity contribution in [2.75, 3.05) is 13.2 Å². The lowest BCUT2D eigenvalue weighted by molar-refractivity contribution is 0.0661. The molecule has 1 unspecified atom stereocenters. The van der Waals surface area contributed by atoms with Crippen molar-refractivity contribution < 1.29 is 4.74 Å². The molecule has 1 heterocycles. The minimum Gasteiger partial charge on any atom is -0.377 e. The summed E-state index contributed by atoms with van der Waals surface area (Å²) < 4.78 is 5.64. The summed E-state index contributed by atoms with van der Waals surface area (Å²) in [5.41, 5.74) is 5.93. The van der Waals surface area contributed by atoms with Gasteiger partial charge in [0, 0.05) is 0 Å². The summed E-state index contributed by atoms with van der Waals surface area (Å²) in [4.78, 5) is 0. The van der Waals surface area contributed by atoms with Gasteiger partial charge in [-0.3, -0.25) is 0 Å². The zero-order chi connectivity index (χ0) is 8.48. The maximum Gasteiger partial charge on any atom is 0.0618 e. The molecule has 1 saturated heterocycles. The van der Waals surface area contributed by atoms with E-state index in [1.807, 2.05) is 0 Å². The van der Waals surface area contributed by atoms with Crippen molar-refractivity contribution in [3.05, 3.63) is 0 Å². The molecule has 1 fully saturated rings. The molecule has 0 aliphatic carbocycles. The van der Waals surface area contributed by atoms with Crippen LogP contribution < -0.4 is 5.73 Å². The Morgan fingerprint density at radius 2 is 2.27 bits per heavy atom. The van der Waals surface area contributed by atoms with Crippen molar-refractivity contribution in [2.24, 2.45) is 17.1 Å². The highest BCUT2D eigenvalue weighted by atomic mass is 16.5. The van der Waals surface area contributed by atoms with Crippen LogP contribution in [0.1, 0.15) is 27.2 Å². The van der Waals surface area contributed by atoms with E-state index in [-0.39, 0.29) is 0 Å². The van der Waals surface area contributed by atoms with Gasteiger partial charge in [0.25, 0.3) is 0 Å². The Morgan fingerprint density at radius 3 is 2.64 bits per heavy atom. The van der Waals surface area contributed by atoms with E-state index in [0.717, 1.165) is 19.6 Å². The lowest BCUT2D eigenvalue weighted by Crippen LogP contribution is -2.25. The molecule has 66 valence electrons. The van der Waals surface area contributed by atoms with Crippen LogP contribution >= 0.6 is 0 Å². The van der Waals surface area contributed by atoms with Crippen LogP contribution in [0.25, 0.3) is 0 Å². The topological polar surface area (TPSA) is 35.2 Å². The SMILES string of the molecule is C[C@@H](CN)C1CC(C)(C)CO1. The number of ether oxygens (including phenoxy) is 1. The summed E-state index contributed by atoms with van der Waals surface area (Å²) in [7, 11) is 0. The Labute approximate surface area is 69.1 Å². The van der Waals surface area contributed by atoms with Gasteiger partial charge >= 0.3 is 0 Å². The van der Waals surface area contributed by atoms with E-state index < -0.39 is 0 Å². The highest BCUT2D eigenvalue weighted by molar-refractivity contribution is 4.83. The molecule has 2 nitrogen and oxygen atoms in total. The largest absolute Gasteiger partial charge is 0.377 e. The van der Waals surface area contributed by atoms with Crippen LogP contribution in [0, 0.1) is 11.3 Å². The summed E-state index contributed by atoms with van der Waals surface area (Å²) in [5.74, 6) is 0.511. The molecule has 0 radical (unpaired) electrons. The first-order valence-corrected chi connectivity index (χ1v) is 4.37. The summed E-state index contributed by atoms with van der Waals surface area (Å²) in [6.07, 6.45) is 1.56. The number of nitrogens with two attached hydrogens (primary N) is 1. The van der Waals surface area contributed by atoms with Crippen LogP contribution in [0.2, 0.25) is 0 Å². The summed E-state index contributed by atoms with van der Waals surface area (Å²) >= 11 is 0. The van der Waals surface area contributed by atoms with Crippen molar-refractivity contribution in [3.63, 3.8) is 0 Å². The van der Waals surface area contributed by atoms with Crippen molar-refractivity contribution in [1.82, 2.24) is 0 Å². The Hall–Kier alpha value is -0.0800. The lowest BCUT2D eigenvalue weighted by Gasteiger charge is -2.17. The second kappa shape index (κ2) is 3.11. The molecular weight excluding hydrogens is 138 g/mol. The first-order valence-electron chi connectivity index (χ1n) is 4.37. The van der Waals surface area contributed by atoms with Crippen molar-refractivity contribution in [1.29, 1.82) is 0 Å². The molecule has 0 saturated carbocycles. The van der Waals surface area contributed by atoms with E-state index >= 15 is 0 Å². The van der Waals surface area contributed by atoms with Crippen molar-refractivity contribution in [2.45, 2.75) is 33.3 Å². The van der Waals surface area contributed by atoms with Gasteiger partial charge in [0.05, 0.1) is 12.7 Å². The van der Waals surface area contributed by atoms with Crippen molar-refractivity contribution in [3.8, 4) is 0 Å². The van der Waals surface area contributed by atoms with Gasteiger partial charge in [-0.1, -0.05) is 20.8 Å². The third kappa shape index (κ3) is 2.17. The predicted octanol–water partition coefficient (Wildman–Crippen LogP) is 1.40. The highest BCUT2D eigenvalue weighted by Gasteiger charge is 2.34. The fourth-order valence-electron chi connectivity index (χ4n) is 1.51. The smallest absolute Gasteiger partial charge is 0.0618 e. The van der Waals surface area contributed by atoms with Crippen LogP contribution in [-0.2, 0) is 4.74 Å². The molecule has 2 atom stereocenters. The Balaban J connectivity index is 2.41. The molecule has 0 bridgehead atoms. The van der Waals surface area contributed by atoms with Gasteiger partial charge in [-0.05, 0) is 24.3 Å². The standard InChI is InChI=1S/C9H19NO/c1-7(5-10)8-4-9(2,3)6-11-8/h7-8H,4-6,10H2,1-3H3/t7-,8?/m0/s1. The molecule has 1 aliphatic heterocycles. The first-order chi connectivity index (χ1) is 5.05. The van der Waals surface area contributed by atoms with E-state index in [1.165, 1.54) is 0 Å². The molecule has 1 rings (SSSR count). The number of hydrogen-bond acceptors (Lipinski definition) is 2. The summed E-state index contributed by atoms with van der Waals surface area (Å²) in [5, 5.41) is 0. The third-order valence-corrected chi connectivity index (χ3v) is 2.45. The van der Waals surface area contributed by atoms with Gasteiger partial charge in [-0.25, -0.2) is 0 Å². The van der Waals surface area contributed by atoms with Crippen LogP contribution in [0.15, 0.2) is 0 Å². The first kappa shape index (κ1) is 9.01. The lowest BCUT2D eigenvalue weighted by atomic mass is 9.87. The number of hydrogen-bond donors (Lipinski definition) is 1. The monoisotopic (exact) mass is 157 g/mol. The molecule has 0 aromatic rings. The summed E-state index contributed by atoms with van der Waals surface area (Å²) in [6.45, 7) is 8.28. The second-order valence-corrected chi connectivity index (χ2v) is 4.43. The Morgan fingerprint density at radius 1 is 1.64 bits per heavy atom. The summed E-state index contributed by atoms with van der Waals surface area (Å²) in [6, 6.07) is 0. The number of rotatable bonds is 2. The van der Waals surface area contributed by atoms with Crippen LogP contribution in [0.3, 0.4) is 0 Å². The molecule has 2 heteroatoms. The van der Waals surface area contributed by atoms with Gasteiger partial charge in [-0.15, -0.1) is 0 Å². The Kier molecular flexibility index (Phi) is 2.55. The molecule has 0 aromatic carbocycles. The van der Waals surface area contributed by atoms with Crippen molar-refractivity contribution >= 4 is 0 Å². The van der Waals surface area contributed by atoms with E-state index in [0.29, 0.717) is 17.4 Å². The second-order valence-electron chi connectivity index (χ2n) is 4.43. The molecule has 0 amide bonds. The molecule has 0 aromatic heterocycles. The van der Waals surface area contributed by atoms with Gasteiger partial charge < -0.3 is 10.5 Å².